The molecule has 4 saturated heterocycles. The fourth-order valence-electron chi connectivity index (χ4n) is 13.8. The molecule has 4 aliphatic carbocycles. The highest BCUT2D eigenvalue weighted by Gasteiger charge is 2.68. The van der Waals surface area contributed by atoms with Crippen molar-refractivity contribution in [1.82, 2.24) is 0 Å². The van der Waals surface area contributed by atoms with Crippen LogP contribution in [-0.4, -0.2) is 187 Å². The second kappa shape index (κ2) is 18.4. The lowest BCUT2D eigenvalue weighted by molar-refractivity contribution is -0.331. The average molecular weight is 891 g/mol. The zero-order valence-corrected chi connectivity index (χ0v) is 36.5. The molecule has 4 aliphatic heterocycles. The third kappa shape index (κ3) is 8.46. The van der Waals surface area contributed by atoms with Gasteiger partial charge in [-0.25, -0.2) is 0 Å². The Labute approximate surface area is 363 Å². The van der Waals surface area contributed by atoms with Crippen molar-refractivity contribution in [3.05, 3.63) is 0 Å². The van der Waals surface area contributed by atoms with Gasteiger partial charge in [-0.2, -0.15) is 0 Å². The Morgan fingerprint density at radius 3 is 2.08 bits per heavy atom. The van der Waals surface area contributed by atoms with Crippen molar-refractivity contribution in [3.63, 3.8) is 0 Å². The van der Waals surface area contributed by atoms with Gasteiger partial charge in [0.25, 0.3) is 0 Å². The Morgan fingerprint density at radius 1 is 0.694 bits per heavy atom. The Balaban J connectivity index is 0.833. The zero-order chi connectivity index (χ0) is 44.6. The molecule has 0 aromatic heterocycles. The van der Waals surface area contributed by atoms with Crippen molar-refractivity contribution < 1.29 is 89.3 Å². The van der Waals surface area contributed by atoms with Gasteiger partial charge in [-0.3, -0.25) is 0 Å². The molecule has 8 fully saturated rings. The van der Waals surface area contributed by atoms with Crippen LogP contribution in [0, 0.1) is 52.3 Å². The smallest absolute Gasteiger partial charge is 0.186 e. The zero-order valence-electron chi connectivity index (χ0n) is 36.5. The predicted octanol–water partition coefficient (Wildman–Crippen LogP) is -1.14. The highest BCUT2D eigenvalue weighted by atomic mass is 16.7. The molecule has 4 saturated carbocycles. The summed E-state index contributed by atoms with van der Waals surface area (Å²) in [5, 5.41) is 115. The lowest BCUT2D eigenvalue weighted by atomic mass is 9.44. The molecule has 26 atom stereocenters. The summed E-state index contributed by atoms with van der Waals surface area (Å²) in [6.07, 6.45) is -10.7. The molecule has 4 heterocycles. The topological polar surface area (TPSA) is 287 Å². The van der Waals surface area contributed by atoms with Gasteiger partial charge in [0.05, 0.1) is 38.6 Å². The molecule has 0 amide bonds. The minimum Gasteiger partial charge on any atom is -0.394 e. The molecule has 18 nitrogen and oxygen atoms in total. The number of ether oxygens (including phenoxy) is 7. The van der Waals surface area contributed by atoms with Crippen LogP contribution in [0.4, 0.5) is 0 Å². The SMILES string of the molecule is C[C@H](CC[C@@]1(O)O[C@H]2C[C@H]3[C@@H]4CC[C@@H]5C[C@@H](O[C@@H]6O[C@H](CO[C@@H]7OC[C@@H](O)[C@H](O)[C@H]7O)[C@@H](O)[C@H](O)[C@H]6O)CC[C@]5(C)[C@H]4CC[C@]3(C)[C@H]2[C@@H]1C)CO[C@@H]1O[C@H](CO)[C@@H](O)[C@H](O)[C@H]1O. The van der Waals surface area contributed by atoms with Gasteiger partial charge in [0, 0.05) is 12.3 Å². The number of hydrogen-bond acceptors (Lipinski definition) is 18. The second-order valence-electron chi connectivity index (χ2n) is 21.1. The minimum atomic E-state index is -1.57. The van der Waals surface area contributed by atoms with Crippen molar-refractivity contribution in [2.45, 2.75) is 196 Å². The van der Waals surface area contributed by atoms with Crippen LogP contribution in [0.5, 0.6) is 0 Å². The molecule has 358 valence electrons. The van der Waals surface area contributed by atoms with Crippen LogP contribution in [-0.2, 0) is 33.2 Å². The van der Waals surface area contributed by atoms with E-state index >= 15 is 0 Å². The lowest BCUT2D eigenvalue weighted by Gasteiger charge is -2.61. The third-order valence-electron chi connectivity index (χ3n) is 17.6. The van der Waals surface area contributed by atoms with Crippen molar-refractivity contribution in [1.29, 1.82) is 0 Å². The highest BCUT2D eigenvalue weighted by Crippen LogP contribution is 2.71. The van der Waals surface area contributed by atoms with E-state index in [1.807, 2.05) is 6.92 Å². The molecule has 0 aromatic rings. The van der Waals surface area contributed by atoms with Gasteiger partial charge in [0.15, 0.2) is 24.7 Å². The van der Waals surface area contributed by atoms with Crippen LogP contribution < -0.4 is 0 Å². The van der Waals surface area contributed by atoms with Gasteiger partial charge in [0.2, 0.25) is 0 Å². The van der Waals surface area contributed by atoms with Gasteiger partial charge in [-0.15, -0.1) is 0 Å². The third-order valence-corrected chi connectivity index (χ3v) is 17.6. The molecule has 8 rings (SSSR count). The number of fused-ring (bicyclic) bond motifs is 7. The molecule has 62 heavy (non-hydrogen) atoms. The monoisotopic (exact) mass is 890 g/mol. The van der Waals surface area contributed by atoms with Crippen LogP contribution in [0.15, 0.2) is 0 Å². The summed E-state index contributed by atoms with van der Waals surface area (Å²) in [4.78, 5) is 0. The van der Waals surface area contributed by atoms with Crippen LogP contribution >= 0.6 is 0 Å². The Kier molecular flexibility index (Phi) is 14.2. The van der Waals surface area contributed by atoms with E-state index in [-0.39, 0.29) is 60.6 Å². The summed E-state index contributed by atoms with van der Waals surface area (Å²) in [6, 6.07) is 0. The first-order valence-corrected chi connectivity index (χ1v) is 23.3. The fraction of sp³-hybridized carbons (Fsp3) is 1.00. The minimum absolute atomic E-state index is 0.0272. The number of rotatable bonds is 12. The summed E-state index contributed by atoms with van der Waals surface area (Å²) >= 11 is 0. The van der Waals surface area contributed by atoms with E-state index in [1.165, 1.54) is 0 Å². The largest absolute Gasteiger partial charge is 0.394 e. The molecular weight excluding hydrogens is 816 g/mol. The Bertz CT molecular complexity index is 1510. The number of hydrogen-bond donors (Lipinski definition) is 11. The normalized spacial score (nSPS) is 55.8. The second-order valence-corrected chi connectivity index (χ2v) is 21.1. The van der Waals surface area contributed by atoms with Crippen LogP contribution in [0.2, 0.25) is 0 Å². The summed E-state index contributed by atoms with van der Waals surface area (Å²) in [5.74, 6) is 0.766. The molecular formula is C44H74O18. The quantitative estimate of drug-likeness (QED) is 0.103. The number of aliphatic hydroxyl groups is 11. The van der Waals surface area contributed by atoms with Gasteiger partial charge >= 0.3 is 0 Å². The molecule has 18 heteroatoms. The Hall–Kier alpha value is -0.720. The van der Waals surface area contributed by atoms with Crippen molar-refractivity contribution in [2.75, 3.05) is 26.4 Å². The number of aliphatic hydroxyl groups excluding tert-OH is 10. The highest BCUT2D eigenvalue weighted by molar-refractivity contribution is 5.15. The van der Waals surface area contributed by atoms with E-state index in [1.54, 1.807) is 0 Å². The van der Waals surface area contributed by atoms with Crippen molar-refractivity contribution >= 4 is 0 Å². The van der Waals surface area contributed by atoms with Crippen LogP contribution in [0.1, 0.15) is 91.9 Å². The molecule has 11 N–H and O–H groups in total. The van der Waals surface area contributed by atoms with E-state index in [2.05, 4.69) is 20.8 Å². The summed E-state index contributed by atoms with van der Waals surface area (Å²) in [7, 11) is 0. The van der Waals surface area contributed by atoms with Crippen molar-refractivity contribution in [3.8, 4) is 0 Å². The molecule has 0 bridgehead atoms. The molecule has 0 radical (unpaired) electrons. The maximum atomic E-state index is 12.0. The fourth-order valence-corrected chi connectivity index (χ4v) is 13.8. The summed E-state index contributed by atoms with van der Waals surface area (Å²) in [6.45, 7) is 8.04. The molecule has 0 spiro atoms. The molecule has 8 aliphatic rings. The first kappa shape index (κ1) is 47.8. The maximum Gasteiger partial charge on any atom is 0.186 e. The van der Waals surface area contributed by atoms with Gasteiger partial charge < -0.3 is 89.3 Å². The first-order chi connectivity index (χ1) is 29.3. The van der Waals surface area contributed by atoms with Crippen LogP contribution in [0.25, 0.3) is 0 Å². The van der Waals surface area contributed by atoms with E-state index in [4.69, 9.17) is 33.2 Å². The molecule has 0 aromatic carbocycles. The summed E-state index contributed by atoms with van der Waals surface area (Å²) < 4.78 is 41.2. The summed E-state index contributed by atoms with van der Waals surface area (Å²) in [5.41, 5.74) is 0.124. The van der Waals surface area contributed by atoms with Crippen LogP contribution in [0.3, 0.4) is 0 Å². The van der Waals surface area contributed by atoms with Gasteiger partial charge in [-0.1, -0.05) is 27.7 Å². The maximum absolute atomic E-state index is 12.0. The van der Waals surface area contributed by atoms with Gasteiger partial charge in [0.1, 0.15) is 67.1 Å². The van der Waals surface area contributed by atoms with E-state index in [9.17, 15) is 56.2 Å². The van der Waals surface area contributed by atoms with E-state index < -0.39 is 98.4 Å². The Morgan fingerprint density at radius 2 is 1.35 bits per heavy atom. The van der Waals surface area contributed by atoms with E-state index in [0.29, 0.717) is 36.5 Å². The van der Waals surface area contributed by atoms with E-state index in [0.717, 1.165) is 51.4 Å². The standard InChI is InChI=1S/C44H74O18/c1-19(16-56-40-37(53)34(50)32(48)28(15-45)60-40)7-12-44(55)20(2)30-27(62-44)14-25-23-6-5-21-13-22(8-10-42(21,3)24(23)9-11-43(25,30)4)59-41-38(54)35(51)33(49)29(61-41)18-58-39-36(52)31(47)26(46)17-57-39/h19-41,45-55H,5-18H2,1-4H3/t19-,20+,21-,22+,23-,24+,25+,26-,27+,28-,29-,30+,31+,32-,33-,34+,35+,36-,37-,38-,39+,40-,41-,42+,43+,44-/m1/s1. The molecule has 0 unspecified atom stereocenters. The predicted molar refractivity (Wildman–Crippen MR) is 213 cm³/mol. The van der Waals surface area contributed by atoms with Gasteiger partial charge in [-0.05, 0) is 104 Å². The average Bonchev–Trinajstić information content (AvgIpc) is 3.69. The lowest BCUT2D eigenvalue weighted by Crippen LogP contribution is -2.61. The first-order valence-electron chi connectivity index (χ1n) is 23.3. The van der Waals surface area contributed by atoms with Crippen molar-refractivity contribution in [2.24, 2.45) is 52.3 Å².